The summed E-state index contributed by atoms with van der Waals surface area (Å²) in [6.07, 6.45) is 1.60. The van der Waals surface area contributed by atoms with Crippen molar-refractivity contribution < 1.29 is 9.21 Å². The minimum Gasteiger partial charge on any atom is -0.461 e. The maximum absolute atomic E-state index is 12.5. The number of rotatable bonds is 6. The van der Waals surface area contributed by atoms with Gasteiger partial charge in [-0.15, -0.1) is 10.2 Å². The van der Waals surface area contributed by atoms with E-state index in [1.807, 2.05) is 62.0 Å². The zero-order valence-corrected chi connectivity index (χ0v) is 15.2. The van der Waals surface area contributed by atoms with Gasteiger partial charge in [-0.3, -0.25) is 4.79 Å². The van der Waals surface area contributed by atoms with Gasteiger partial charge in [-0.2, -0.15) is 0 Å². The normalized spacial score (nSPS) is 12.1. The second-order valence-electron chi connectivity index (χ2n) is 5.72. The smallest absolute Gasteiger partial charge is 0.233 e. The molecule has 0 spiro atoms. The maximum atomic E-state index is 12.5. The fourth-order valence-corrected chi connectivity index (χ4v) is 3.30. The highest BCUT2D eigenvalue weighted by Crippen LogP contribution is 2.24. The minimum atomic E-state index is 0.0208. The van der Waals surface area contributed by atoms with Crippen LogP contribution >= 0.6 is 11.8 Å². The van der Waals surface area contributed by atoms with E-state index in [1.165, 1.54) is 11.8 Å². The SMILES string of the molecule is C[C@@H](c1ccccc1)N(C)C(=O)CSc1nnc(-c2ccco2)n1C. The molecule has 7 heteroatoms. The van der Waals surface area contributed by atoms with E-state index in [0.717, 1.165) is 5.56 Å². The fraction of sp³-hybridized carbons (Fsp3) is 0.278. The van der Waals surface area contributed by atoms with Crippen molar-refractivity contribution in [2.45, 2.75) is 18.1 Å². The van der Waals surface area contributed by atoms with Gasteiger partial charge < -0.3 is 13.9 Å². The number of thioether (sulfide) groups is 1. The zero-order chi connectivity index (χ0) is 17.8. The highest BCUT2D eigenvalue weighted by molar-refractivity contribution is 7.99. The molecule has 0 aliphatic rings. The van der Waals surface area contributed by atoms with E-state index in [0.29, 0.717) is 22.5 Å². The lowest BCUT2D eigenvalue weighted by atomic mass is 10.1. The first-order valence-electron chi connectivity index (χ1n) is 7.94. The van der Waals surface area contributed by atoms with Gasteiger partial charge in [0.2, 0.25) is 5.91 Å². The van der Waals surface area contributed by atoms with E-state index < -0.39 is 0 Å². The van der Waals surface area contributed by atoms with E-state index in [9.17, 15) is 4.79 Å². The van der Waals surface area contributed by atoms with Crippen LogP contribution in [0.3, 0.4) is 0 Å². The second kappa shape index (κ2) is 7.57. The number of aromatic nitrogens is 3. The molecule has 0 unspecified atom stereocenters. The topological polar surface area (TPSA) is 64.2 Å². The van der Waals surface area contributed by atoms with Crippen molar-refractivity contribution in [3.05, 3.63) is 54.3 Å². The predicted octanol–water partition coefficient (Wildman–Crippen LogP) is 3.39. The van der Waals surface area contributed by atoms with Gasteiger partial charge in [-0.25, -0.2) is 0 Å². The van der Waals surface area contributed by atoms with Crippen LogP contribution < -0.4 is 0 Å². The average molecular weight is 356 g/mol. The third kappa shape index (κ3) is 3.76. The molecule has 0 bridgehead atoms. The Bertz CT molecular complexity index is 830. The van der Waals surface area contributed by atoms with Crippen LogP contribution in [0, 0.1) is 0 Å². The van der Waals surface area contributed by atoms with Crippen LogP contribution in [0.1, 0.15) is 18.5 Å². The Morgan fingerprint density at radius 2 is 2.00 bits per heavy atom. The number of hydrogen-bond donors (Lipinski definition) is 0. The van der Waals surface area contributed by atoms with Crippen molar-refractivity contribution in [2.75, 3.05) is 12.8 Å². The van der Waals surface area contributed by atoms with Gasteiger partial charge >= 0.3 is 0 Å². The molecule has 2 aromatic heterocycles. The molecule has 25 heavy (non-hydrogen) atoms. The van der Waals surface area contributed by atoms with Crippen molar-refractivity contribution in [2.24, 2.45) is 7.05 Å². The molecular formula is C18H20N4O2S. The largest absolute Gasteiger partial charge is 0.461 e. The molecule has 0 aliphatic heterocycles. The first-order chi connectivity index (χ1) is 12.1. The van der Waals surface area contributed by atoms with Gasteiger partial charge in [0, 0.05) is 14.1 Å². The molecule has 0 radical (unpaired) electrons. The van der Waals surface area contributed by atoms with Gasteiger partial charge in [0.1, 0.15) is 0 Å². The Balaban J connectivity index is 1.63. The molecule has 0 fully saturated rings. The highest BCUT2D eigenvalue weighted by atomic mass is 32.2. The van der Waals surface area contributed by atoms with E-state index in [-0.39, 0.29) is 11.9 Å². The Kier molecular flexibility index (Phi) is 5.23. The van der Waals surface area contributed by atoms with Gasteiger partial charge in [0.15, 0.2) is 16.7 Å². The van der Waals surface area contributed by atoms with E-state index in [4.69, 9.17) is 4.42 Å². The summed E-state index contributed by atoms with van der Waals surface area (Å²) in [4.78, 5) is 14.3. The molecule has 1 aromatic carbocycles. The Morgan fingerprint density at radius 1 is 1.24 bits per heavy atom. The third-order valence-electron chi connectivity index (χ3n) is 4.16. The first-order valence-corrected chi connectivity index (χ1v) is 8.93. The van der Waals surface area contributed by atoms with Crippen LogP contribution in [0.25, 0.3) is 11.6 Å². The molecule has 3 aromatic rings. The summed E-state index contributed by atoms with van der Waals surface area (Å²) < 4.78 is 7.18. The van der Waals surface area contributed by atoms with Gasteiger partial charge in [-0.05, 0) is 24.6 Å². The molecule has 6 nitrogen and oxygen atoms in total. The lowest BCUT2D eigenvalue weighted by Crippen LogP contribution is -2.31. The summed E-state index contributed by atoms with van der Waals surface area (Å²) in [5.41, 5.74) is 1.11. The standard InChI is InChI=1S/C18H20N4O2S/c1-13(14-8-5-4-6-9-14)21(2)16(23)12-25-18-20-19-17(22(18)3)15-10-7-11-24-15/h4-11,13H,12H2,1-3H3/t13-/m0/s1. The number of carbonyl (C=O) groups excluding carboxylic acids is 1. The molecule has 1 atom stereocenters. The average Bonchev–Trinajstić information content (AvgIpc) is 3.29. The number of nitrogens with zero attached hydrogens (tertiary/aromatic N) is 4. The molecule has 0 saturated carbocycles. The van der Waals surface area contributed by atoms with Crippen LogP contribution in [0.4, 0.5) is 0 Å². The molecule has 0 aliphatic carbocycles. The molecular weight excluding hydrogens is 336 g/mol. The quantitative estimate of drug-likeness (QED) is 0.634. The predicted molar refractivity (Wildman–Crippen MR) is 97.1 cm³/mol. The lowest BCUT2D eigenvalue weighted by molar-refractivity contribution is -0.128. The van der Waals surface area contributed by atoms with E-state index in [1.54, 1.807) is 17.2 Å². The van der Waals surface area contributed by atoms with E-state index in [2.05, 4.69) is 10.2 Å². The summed E-state index contributed by atoms with van der Waals surface area (Å²) in [6.45, 7) is 2.02. The van der Waals surface area contributed by atoms with Crippen LogP contribution in [0.15, 0.2) is 58.3 Å². The number of amides is 1. The first kappa shape index (κ1) is 17.3. The van der Waals surface area contributed by atoms with Crippen molar-refractivity contribution in [1.29, 1.82) is 0 Å². The van der Waals surface area contributed by atoms with Crippen LogP contribution in [-0.2, 0) is 11.8 Å². The van der Waals surface area contributed by atoms with Crippen molar-refractivity contribution in [3.63, 3.8) is 0 Å². The number of furan rings is 1. The maximum Gasteiger partial charge on any atom is 0.233 e. The molecule has 0 N–H and O–H groups in total. The minimum absolute atomic E-state index is 0.0208. The van der Waals surface area contributed by atoms with Crippen LogP contribution in [0.5, 0.6) is 0 Å². The summed E-state index contributed by atoms with van der Waals surface area (Å²) in [5, 5.41) is 8.97. The van der Waals surface area contributed by atoms with Crippen LogP contribution in [0.2, 0.25) is 0 Å². The monoisotopic (exact) mass is 356 g/mol. The summed E-state index contributed by atoms with van der Waals surface area (Å²) in [7, 11) is 3.69. The lowest BCUT2D eigenvalue weighted by Gasteiger charge is -2.25. The molecule has 2 heterocycles. The van der Waals surface area contributed by atoms with Crippen molar-refractivity contribution in [1.82, 2.24) is 19.7 Å². The molecule has 1 amide bonds. The van der Waals surface area contributed by atoms with Crippen LogP contribution in [-0.4, -0.2) is 38.4 Å². The van der Waals surface area contributed by atoms with Gasteiger partial charge in [0.25, 0.3) is 0 Å². The fourth-order valence-electron chi connectivity index (χ4n) is 2.46. The Labute approximate surface area is 150 Å². The number of benzene rings is 1. The molecule has 3 rings (SSSR count). The van der Waals surface area contributed by atoms with E-state index >= 15 is 0 Å². The van der Waals surface area contributed by atoms with Gasteiger partial charge in [-0.1, -0.05) is 42.1 Å². The van der Waals surface area contributed by atoms with Crippen molar-refractivity contribution >= 4 is 17.7 Å². The summed E-state index contributed by atoms with van der Waals surface area (Å²) >= 11 is 1.37. The summed E-state index contributed by atoms with van der Waals surface area (Å²) in [6, 6.07) is 13.6. The molecule has 0 saturated heterocycles. The zero-order valence-electron chi connectivity index (χ0n) is 14.4. The third-order valence-corrected chi connectivity index (χ3v) is 5.16. The highest BCUT2D eigenvalue weighted by Gasteiger charge is 2.19. The van der Waals surface area contributed by atoms with Gasteiger partial charge in [0.05, 0.1) is 18.1 Å². The second-order valence-corrected chi connectivity index (χ2v) is 6.66. The Morgan fingerprint density at radius 3 is 2.68 bits per heavy atom. The summed E-state index contributed by atoms with van der Waals surface area (Å²) in [5.74, 6) is 1.65. The number of hydrogen-bond acceptors (Lipinski definition) is 5. The van der Waals surface area contributed by atoms with Crippen molar-refractivity contribution in [3.8, 4) is 11.6 Å². The Hall–Kier alpha value is -2.54. The number of carbonyl (C=O) groups is 1. The molecule has 130 valence electrons.